The fourth-order valence-corrected chi connectivity index (χ4v) is 7.20. The third-order valence-electron chi connectivity index (χ3n) is 7.38. The molecule has 1 aromatic rings. The summed E-state index contributed by atoms with van der Waals surface area (Å²) in [5, 5.41) is 26.8. The van der Waals surface area contributed by atoms with Crippen LogP contribution < -0.4 is 11.1 Å². The maximum absolute atomic E-state index is 13.3. The molecule has 1 saturated heterocycles. The number of aromatic nitrogens is 1. The van der Waals surface area contributed by atoms with Crippen molar-refractivity contribution in [3.05, 3.63) is 45.9 Å². The first-order valence-corrected chi connectivity index (χ1v) is 14.9. The van der Waals surface area contributed by atoms with Gasteiger partial charge in [0.2, 0.25) is 5.60 Å². The van der Waals surface area contributed by atoms with Crippen molar-refractivity contribution < 1.29 is 38.7 Å². The average Bonchev–Trinajstić information content (AvgIpc) is 3.48. The van der Waals surface area contributed by atoms with E-state index in [1.807, 2.05) is 7.05 Å². The molecule has 15 heteroatoms. The van der Waals surface area contributed by atoms with Gasteiger partial charge >= 0.3 is 11.9 Å². The molecule has 1 saturated carbocycles. The Balaban J connectivity index is 1.35. The summed E-state index contributed by atoms with van der Waals surface area (Å²) in [7, 11) is 2.03. The molecule has 5 N–H and O–H groups in total. The summed E-state index contributed by atoms with van der Waals surface area (Å²) in [5.74, 6) is -3.53. The van der Waals surface area contributed by atoms with Crippen LogP contribution in [0, 0.1) is 0 Å². The van der Waals surface area contributed by atoms with Gasteiger partial charge in [-0.2, -0.15) is 0 Å². The number of oxime groups is 1. The molecule has 4 aliphatic rings. The van der Waals surface area contributed by atoms with E-state index in [1.165, 1.54) is 47.0 Å². The molecule has 41 heavy (non-hydrogen) atoms. The van der Waals surface area contributed by atoms with Gasteiger partial charge in [-0.05, 0) is 39.5 Å². The molecule has 2 fully saturated rings. The number of nitrogens with zero attached hydrogens (tertiary/aromatic N) is 4. The molecule has 218 valence electrons. The minimum absolute atomic E-state index is 0.0471. The Bertz CT molecular complexity index is 1440. The molecule has 2 amide bonds. The van der Waals surface area contributed by atoms with Crippen LogP contribution in [-0.4, -0.2) is 90.4 Å². The SMILES string of the molecule is CC(C)(O/N=C(\C(=O)N[C@@H]1C(=O)N2C(C(=O)O)=C(C[N+]3(C)C=C4CCCCC4=C3)CS[C@H]12)c1csc(N)n1)C(=O)O. The number of thiazole rings is 1. The summed E-state index contributed by atoms with van der Waals surface area (Å²) in [6.45, 7) is 2.95. The Kier molecular flexibility index (Phi) is 7.46. The number of nitrogens with two attached hydrogens (primary N) is 1. The Morgan fingerprint density at radius 2 is 1.90 bits per heavy atom. The zero-order chi connectivity index (χ0) is 29.7. The first kappa shape index (κ1) is 28.8. The second kappa shape index (κ2) is 10.6. The molecule has 4 heterocycles. The van der Waals surface area contributed by atoms with E-state index in [-0.39, 0.29) is 22.2 Å². The number of likely N-dealkylation sites (N-methyl/N-ethyl adjacent to an activating group) is 1. The molecule has 0 radical (unpaired) electrons. The van der Waals surface area contributed by atoms with E-state index in [1.54, 1.807) is 0 Å². The molecule has 0 spiro atoms. The van der Waals surface area contributed by atoms with Gasteiger partial charge in [0, 0.05) is 27.9 Å². The lowest BCUT2D eigenvalue weighted by Crippen LogP contribution is -2.71. The molecular weight excluding hydrogens is 572 g/mol. The summed E-state index contributed by atoms with van der Waals surface area (Å²) in [5.41, 5.74) is 6.88. The van der Waals surface area contributed by atoms with E-state index in [2.05, 4.69) is 27.9 Å². The fourth-order valence-electron chi connectivity index (χ4n) is 5.31. The van der Waals surface area contributed by atoms with Crippen molar-refractivity contribution >= 4 is 57.7 Å². The summed E-state index contributed by atoms with van der Waals surface area (Å²) < 4.78 is 0.452. The van der Waals surface area contributed by atoms with Gasteiger partial charge in [0.25, 0.3) is 11.8 Å². The van der Waals surface area contributed by atoms with E-state index in [4.69, 9.17) is 10.6 Å². The first-order valence-electron chi connectivity index (χ1n) is 13.0. The number of hydrogen-bond donors (Lipinski definition) is 4. The highest BCUT2D eigenvalue weighted by atomic mass is 32.2. The molecule has 0 aromatic carbocycles. The quantitative estimate of drug-likeness (QED) is 0.141. The van der Waals surface area contributed by atoms with Crippen LogP contribution in [0.4, 0.5) is 5.13 Å². The number of β-lactam (4-membered cyclic amide) rings is 1. The van der Waals surface area contributed by atoms with Crippen LogP contribution in [0.25, 0.3) is 0 Å². The maximum Gasteiger partial charge on any atom is 0.352 e. The van der Waals surface area contributed by atoms with Crippen LogP contribution in [0.1, 0.15) is 45.2 Å². The number of thioether (sulfide) groups is 1. The standard InChI is InChI=1S/C26H30N6O7S2/c1-26(2,24(37)38)39-30-17(16-12-41-25(27)28-16)20(33)29-18-21(34)31-19(23(35)36)15(11-40-22(18)31)10-32(3)8-13-6-4-5-7-14(13)9-32/h8-9,12,18,22H,4-7,10-11H2,1-3H3,(H4-,27,28,29,33,35,36,37,38)/p+1/b30-17-/t18-,22-/m1/s1. The maximum atomic E-state index is 13.3. The van der Waals surface area contributed by atoms with Gasteiger partial charge in [-0.25, -0.2) is 14.6 Å². The number of nitrogen functional groups attached to an aromatic ring is 1. The zero-order valence-corrected chi connectivity index (χ0v) is 24.4. The van der Waals surface area contributed by atoms with Crippen LogP contribution in [0.15, 0.2) is 45.4 Å². The number of rotatable bonds is 9. The number of carboxylic acids is 2. The molecule has 13 nitrogen and oxygen atoms in total. The van der Waals surface area contributed by atoms with Gasteiger partial charge < -0.3 is 26.1 Å². The summed E-state index contributed by atoms with van der Waals surface area (Å²) >= 11 is 2.42. The lowest BCUT2D eigenvalue weighted by molar-refractivity contribution is -0.799. The number of anilines is 1. The highest BCUT2D eigenvalue weighted by molar-refractivity contribution is 8.00. The van der Waals surface area contributed by atoms with Crippen molar-refractivity contribution in [3.8, 4) is 0 Å². The van der Waals surface area contributed by atoms with Gasteiger partial charge in [0.15, 0.2) is 10.8 Å². The van der Waals surface area contributed by atoms with Crippen molar-refractivity contribution in [2.45, 2.75) is 56.5 Å². The van der Waals surface area contributed by atoms with Crippen molar-refractivity contribution in [1.82, 2.24) is 15.2 Å². The summed E-state index contributed by atoms with van der Waals surface area (Å²) in [4.78, 5) is 60.8. The van der Waals surface area contributed by atoms with E-state index in [0.717, 1.165) is 37.0 Å². The van der Waals surface area contributed by atoms with Crippen LogP contribution >= 0.6 is 23.1 Å². The third-order valence-corrected chi connectivity index (χ3v) is 9.40. The number of amides is 2. The Morgan fingerprint density at radius 1 is 1.24 bits per heavy atom. The van der Waals surface area contributed by atoms with Crippen LogP contribution in [-0.2, 0) is 24.0 Å². The number of allylic oxidation sites excluding steroid dienone is 2. The van der Waals surface area contributed by atoms with Gasteiger partial charge in [-0.15, -0.1) is 23.1 Å². The molecule has 2 atom stereocenters. The van der Waals surface area contributed by atoms with Crippen molar-refractivity contribution in [2.24, 2.45) is 5.16 Å². The van der Waals surface area contributed by atoms with E-state index >= 15 is 0 Å². The van der Waals surface area contributed by atoms with E-state index in [0.29, 0.717) is 22.4 Å². The fraction of sp³-hybridized carbons (Fsp3) is 0.462. The molecule has 5 rings (SSSR count). The minimum Gasteiger partial charge on any atom is -0.478 e. The van der Waals surface area contributed by atoms with Gasteiger partial charge in [0.1, 0.15) is 41.8 Å². The van der Waals surface area contributed by atoms with Gasteiger partial charge in [0.05, 0.1) is 7.05 Å². The van der Waals surface area contributed by atoms with Crippen molar-refractivity contribution in [3.63, 3.8) is 0 Å². The Morgan fingerprint density at radius 3 is 2.46 bits per heavy atom. The van der Waals surface area contributed by atoms with Crippen LogP contribution in [0.2, 0.25) is 0 Å². The predicted molar refractivity (Wildman–Crippen MR) is 151 cm³/mol. The molecule has 0 unspecified atom stereocenters. The second-order valence-electron chi connectivity index (χ2n) is 11.1. The molecule has 1 aromatic heterocycles. The normalized spacial score (nSPS) is 23.6. The number of aliphatic carboxylic acids is 2. The predicted octanol–water partition coefficient (Wildman–Crippen LogP) is 1.85. The lowest BCUT2D eigenvalue weighted by atomic mass is 9.92. The summed E-state index contributed by atoms with van der Waals surface area (Å²) in [6.07, 6.45) is 8.68. The zero-order valence-electron chi connectivity index (χ0n) is 22.7. The van der Waals surface area contributed by atoms with Crippen LogP contribution in [0.5, 0.6) is 0 Å². The third kappa shape index (κ3) is 5.48. The molecule has 3 aliphatic heterocycles. The van der Waals surface area contributed by atoms with Crippen molar-refractivity contribution in [1.29, 1.82) is 0 Å². The lowest BCUT2D eigenvalue weighted by Gasteiger charge is -2.49. The second-order valence-corrected chi connectivity index (χ2v) is 13.1. The van der Waals surface area contributed by atoms with E-state index < -0.39 is 40.8 Å². The first-order chi connectivity index (χ1) is 19.3. The number of quaternary nitrogens is 1. The smallest absolute Gasteiger partial charge is 0.352 e. The van der Waals surface area contributed by atoms with E-state index in [9.17, 15) is 29.4 Å². The average molecular weight is 604 g/mol. The number of carboxylic acid groups (broad SMARTS) is 2. The Hall–Kier alpha value is -3.69. The Labute approximate surface area is 244 Å². The monoisotopic (exact) mass is 603 g/mol. The molecule has 1 aliphatic carbocycles. The van der Waals surface area contributed by atoms with Gasteiger partial charge in [-0.1, -0.05) is 5.16 Å². The number of carbonyl (C=O) groups excluding carboxylic acids is 2. The molecular formula is C26H31N6O7S2+. The molecule has 0 bridgehead atoms. The number of hydrogen-bond acceptors (Lipinski definition) is 10. The van der Waals surface area contributed by atoms with Crippen LogP contribution in [0.3, 0.4) is 0 Å². The number of nitrogens with one attached hydrogen (secondary N) is 1. The topological polar surface area (TPSA) is 185 Å². The number of fused-ring (bicyclic) bond motifs is 2. The number of carbonyl (C=O) groups is 4. The largest absolute Gasteiger partial charge is 0.478 e. The van der Waals surface area contributed by atoms with Gasteiger partial charge in [-0.3, -0.25) is 19.0 Å². The summed E-state index contributed by atoms with van der Waals surface area (Å²) in [6, 6.07) is -1.03. The minimum atomic E-state index is -1.74. The highest BCUT2D eigenvalue weighted by Crippen LogP contribution is 2.42. The van der Waals surface area contributed by atoms with Crippen molar-refractivity contribution in [2.75, 3.05) is 25.1 Å². The highest BCUT2D eigenvalue weighted by Gasteiger charge is 2.55.